The van der Waals surface area contributed by atoms with Crippen LogP contribution in [-0.2, 0) is 0 Å². The molecule has 0 aromatic carbocycles. The number of aromatic nitrogens is 1. The van der Waals surface area contributed by atoms with Gasteiger partial charge in [-0.25, -0.2) is 4.98 Å². The molecule has 2 saturated heterocycles. The zero-order valence-corrected chi connectivity index (χ0v) is 14.6. The highest BCUT2D eigenvalue weighted by atomic mass is 35.5. The SMILES string of the molecule is Cc1cccc(C(=O)N2CCC3(CCNCC3)CC2)n1.Cl.Cl. The molecule has 1 aromatic heterocycles. The van der Waals surface area contributed by atoms with Gasteiger partial charge in [-0.15, -0.1) is 24.8 Å². The van der Waals surface area contributed by atoms with Crippen molar-refractivity contribution in [2.75, 3.05) is 26.2 Å². The second-order valence-corrected chi connectivity index (χ2v) is 6.21. The van der Waals surface area contributed by atoms with E-state index in [9.17, 15) is 4.79 Å². The molecule has 0 atom stereocenters. The van der Waals surface area contributed by atoms with Gasteiger partial charge in [-0.05, 0) is 63.2 Å². The Labute approximate surface area is 144 Å². The lowest BCUT2D eigenvalue weighted by molar-refractivity contribution is 0.0490. The molecule has 0 saturated carbocycles. The molecule has 3 rings (SSSR count). The van der Waals surface area contributed by atoms with Gasteiger partial charge in [0.1, 0.15) is 5.69 Å². The van der Waals surface area contributed by atoms with Crippen molar-refractivity contribution >= 4 is 30.7 Å². The standard InChI is InChI=1S/C16H23N3O.2ClH/c1-13-3-2-4-14(18-13)15(20)19-11-7-16(8-12-19)5-9-17-10-6-16;;/h2-4,17H,5-12H2,1H3;2*1H. The summed E-state index contributed by atoms with van der Waals surface area (Å²) in [6.45, 7) is 5.96. The van der Waals surface area contributed by atoms with Crippen molar-refractivity contribution in [1.82, 2.24) is 15.2 Å². The number of aryl methyl sites for hydroxylation is 1. The van der Waals surface area contributed by atoms with Crippen LogP contribution in [0.15, 0.2) is 18.2 Å². The molecule has 2 aliphatic rings. The van der Waals surface area contributed by atoms with Crippen LogP contribution in [0.4, 0.5) is 0 Å². The Morgan fingerprint density at radius 2 is 1.77 bits per heavy atom. The van der Waals surface area contributed by atoms with Gasteiger partial charge in [-0.1, -0.05) is 6.07 Å². The smallest absolute Gasteiger partial charge is 0.272 e. The summed E-state index contributed by atoms with van der Waals surface area (Å²) in [4.78, 5) is 18.8. The molecule has 1 amide bonds. The molecular formula is C16H25Cl2N3O. The van der Waals surface area contributed by atoms with Crippen LogP contribution in [0, 0.1) is 12.3 Å². The number of rotatable bonds is 1. The summed E-state index contributed by atoms with van der Waals surface area (Å²) in [5, 5.41) is 3.43. The average Bonchev–Trinajstić information content (AvgIpc) is 2.48. The lowest BCUT2D eigenvalue weighted by Crippen LogP contribution is -2.47. The molecule has 6 heteroatoms. The fourth-order valence-electron chi connectivity index (χ4n) is 3.47. The molecule has 1 spiro atoms. The van der Waals surface area contributed by atoms with E-state index in [1.807, 2.05) is 30.0 Å². The predicted molar refractivity (Wildman–Crippen MR) is 93.1 cm³/mol. The van der Waals surface area contributed by atoms with E-state index in [1.165, 1.54) is 12.8 Å². The van der Waals surface area contributed by atoms with E-state index in [2.05, 4.69) is 10.3 Å². The Kier molecular flexibility index (Phi) is 7.10. The van der Waals surface area contributed by atoms with Gasteiger partial charge in [-0.3, -0.25) is 4.79 Å². The molecule has 2 aliphatic heterocycles. The molecule has 1 aromatic rings. The first kappa shape index (κ1) is 19.2. The van der Waals surface area contributed by atoms with Gasteiger partial charge in [0.05, 0.1) is 0 Å². The highest BCUT2D eigenvalue weighted by Crippen LogP contribution is 2.39. The monoisotopic (exact) mass is 345 g/mol. The number of nitrogens with one attached hydrogen (secondary N) is 1. The minimum absolute atomic E-state index is 0. The van der Waals surface area contributed by atoms with Crippen LogP contribution in [0.3, 0.4) is 0 Å². The third kappa shape index (κ3) is 4.12. The van der Waals surface area contributed by atoms with Crippen LogP contribution in [0.1, 0.15) is 41.9 Å². The number of likely N-dealkylation sites (tertiary alicyclic amines) is 1. The summed E-state index contributed by atoms with van der Waals surface area (Å²) in [5.41, 5.74) is 1.98. The molecule has 0 radical (unpaired) electrons. The number of halogens is 2. The number of piperidine rings is 2. The van der Waals surface area contributed by atoms with Crippen molar-refractivity contribution in [3.8, 4) is 0 Å². The maximum Gasteiger partial charge on any atom is 0.272 e. The van der Waals surface area contributed by atoms with E-state index in [1.54, 1.807) is 0 Å². The Morgan fingerprint density at radius 3 is 2.36 bits per heavy atom. The third-order valence-corrected chi connectivity index (χ3v) is 4.88. The van der Waals surface area contributed by atoms with Crippen LogP contribution in [0.2, 0.25) is 0 Å². The topological polar surface area (TPSA) is 45.2 Å². The predicted octanol–water partition coefficient (Wildman–Crippen LogP) is 2.84. The van der Waals surface area contributed by atoms with Gasteiger partial charge in [0.15, 0.2) is 0 Å². The van der Waals surface area contributed by atoms with Crippen molar-refractivity contribution in [1.29, 1.82) is 0 Å². The van der Waals surface area contributed by atoms with Crippen molar-refractivity contribution in [3.63, 3.8) is 0 Å². The minimum atomic E-state index is 0. The number of hydrogen-bond donors (Lipinski definition) is 1. The third-order valence-electron chi connectivity index (χ3n) is 4.88. The van der Waals surface area contributed by atoms with Crippen LogP contribution >= 0.6 is 24.8 Å². The van der Waals surface area contributed by atoms with Gasteiger partial charge in [-0.2, -0.15) is 0 Å². The summed E-state index contributed by atoms with van der Waals surface area (Å²) in [6, 6.07) is 5.66. The summed E-state index contributed by atoms with van der Waals surface area (Å²) >= 11 is 0. The second-order valence-electron chi connectivity index (χ2n) is 6.21. The normalized spacial score (nSPS) is 20.0. The Bertz CT molecular complexity index is 494. The fraction of sp³-hybridized carbons (Fsp3) is 0.625. The summed E-state index contributed by atoms with van der Waals surface area (Å²) in [6.07, 6.45) is 4.81. The van der Waals surface area contributed by atoms with Crippen molar-refractivity contribution in [2.24, 2.45) is 5.41 Å². The maximum absolute atomic E-state index is 12.5. The van der Waals surface area contributed by atoms with Gasteiger partial charge in [0, 0.05) is 18.8 Å². The molecule has 1 N–H and O–H groups in total. The largest absolute Gasteiger partial charge is 0.337 e. The summed E-state index contributed by atoms with van der Waals surface area (Å²) in [7, 11) is 0. The first-order valence-corrected chi connectivity index (χ1v) is 7.62. The first-order chi connectivity index (χ1) is 9.69. The van der Waals surface area contributed by atoms with Crippen LogP contribution < -0.4 is 5.32 Å². The maximum atomic E-state index is 12.5. The lowest BCUT2D eigenvalue weighted by atomic mass is 9.71. The number of carbonyl (C=O) groups excluding carboxylic acids is 1. The van der Waals surface area contributed by atoms with Crippen molar-refractivity contribution < 1.29 is 4.79 Å². The highest BCUT2D eigenvalue weighted by molar-refractivity contribution is 5.92. The van der Waals surface area contributed by atoms with E-state index in [0.29, 0.717) is 11.1 Å². The Balaban J connectivity index is 0.00000121. The zero-order valence-electron chi connectivity index (χ0n) is 13.0. The van der Waals surface area contributed by atoms with Crippen LogP contribution in [-0.4, -0.2) is 42.0 Å². The molecule has 0 aliphatic carbocycles. The van der Waals surface area contributed by atoms with Crippen LogP contribution in [0.5, 0.6) is 0 Å². The highest BCUT2D eigenvalue weighted by Gasteiger charge is 2.36. The van der Waals surface area contributed by atoms with Crippen molar-refractivity contribution in [2.45, 2.75) is 32.6 Å². The number of nitrogens with zero attached hydrogens (tertiary/aromatic N) is 2. The Morgan fingerprint density at radius 1 is 1.14 bits per heavy atom. The van der Waals surface area contributed by atoms with Gasteiger partial charge >= 0.3 is 0 Å². The molecule has 2 fully saturated rings. The first-order valence-electron chi connectivity index (χ1n) is 7.62. The summed E-state index contributed by atoms with van der Waals surface area (Å²) in [5.74, 6) is 0.0949. The minimum Gasteiger partial charge on any atom is -0.337 e. The molecule has 22 heavy (non-hydrogen) atoms. The molecule has 0 bridgehead atoms. The molecule has 4 nitrogen and oxygen atoms in total. The summed E-state index contributed by atoms with van der Waals surface area (Å²) < 4.78 is 0. The fourth-order valence-corrected chi connectivity index (χ4v) is 3.47. The van der Waals surface area contributed by atoms with Crippen molar-refractivity contribution in [3.05, 3.63) is 29.6 Å². The average molecular weight is 346 g/mol. The van der Waals surface area contributed by atoms with E-state index in [4.69, 9.17) is 0 Å². The molecular weight excluding hydrogens is 321 g/mol. The van der Waals surface area contributed by atoms with Gasteiger partial charge in [0.25, 0.3) is 5.91 Å². The number of pyridine rings is 1. The van der Waals surface area contributed by atoms with E-state index >= 15 is 0 Å². The molecule has 0 unspecified atom stereocenters. The zero-order chi connectivity index (χ0) is 14.0. The lowest BCUT2D eigenvalue weighted by Gasteiger charge is -2.44. The van der Waals surface area contributed by atoms with E-state index < -0.39 is 0 Å². The van der Waals surface area contributed by atoms with Gasteiger partial charge in [0.2, 0.25) is 0 Å². The van der Waals surface area contributed by atoms with E-state index in [0.717, 1.165) is 44.7 Å². The van der Waals surface area contributed by atoms with Crippen LogP contribution in [0.25, 0.3) is 0 Å². The number of amides is 1. The number of carbonyl (C=O) groups is 1. The number of hydrogen-bond acceptors (Lipinski definition) is 3. The van der Waals surface area contributed by atoms with E-state index in [-0.39, 0.29) is 30.7 Å². The molecule has 124 valence electrons. The quantitative estimate of drug-likeness (QED) is 0.851. The van der Waals surface area contributed by atoms with Gasteiger partial charge < -0.3 is 10.2 Å². The second kappa shape index (κ2) is 8.14. The molecule has 3 heterocycles. The Hall–Kier alpha value is -0.840.